The standard InChI is InChI=1S/C14H17F2N3/c1-8-5-11(16)9(6-10(8)15)12-7-13(19-18-12)17-14(2,3)4/h5-7H,1-4H3,(H2,17,18,19). The maximum Gasteiger partial charge on any atom is 0.148 e. The quantitative estimate of drug-likeness (QED) is 0.865. The highest BCUT2D eigenvalue weighted by atomic mass is 19.1. The van der Waals surface area contributed by atoms with Crippen molar-refractivity contribution < 1.29 is 8.78 Å². The fourth-order valence-corrected chi connectivity index (χ4v) is 1.76. The molecule has 0 aliphatic rings. The summed E-state index contributed by atoms with van der Waals surface area (Å²) in [5, 5.41) is 9.92. The van der Waals surface area contributed by atoms with Crippen molar-refractivity contribution in [3.63, 3.8) is 0 Å². The number of hydrogen-bond acceptors (Lipinski definition) is 2. The topological polar surface area (TPSA) is 40.7 Å². The highest BCUT2D eigenvalue weighted by Crippen LogP contribution is 2.26. The second kappa shape index (κ2) is 4.64. The molecule has 3 nitrogen and oxygen atoms in total. The molecule has 1 aromatic carbocycles. The number of aromatic amines is 1. The summed E-state index contributed by atoms with van der Waals surface area (Å²) in [5.74, 6) is -0.302. The average Bonchev–Trinajstić information content (AvgIpc) is 2.69. The lowest BCUT2D eigenvalue weighted by atomic mass is 10.1. The van der Waals surface area contributed by atoms with Crippen LogP contribution in [-0.2, 0) is 0 Å². The summed E-state index contributed by atoms with van der Waals surface area (Å²) in [6, 6.07) is 4.03. The smallest absolute Gasteiger partial charge is 0.148 e. The van der Waals surface area contributed by atoms with E-state index in [-0.39, 0.29) is 16.7 Å². The largest absolute Gasteiger partial charge is 0.364 e. The summed E-state index contributed by atoms with van der Waals surface area (Å²) >= 11 is 0. The van der Waals surface area contributed by atoms with Crippen molar-refractivity contribution in [3.8, 4) is 11.3 Å². The van der Waals surface area contributed by atoms with Gasteiger partial charge in [-0.15, -0.1) is 0 Å². The molecule has 0 bridgehead atoms. The van der Waals surface area contributed by atoms with Crippen molar-refractivity contribution in [2.24, 2.45) is 0 Å². The zero-order valence-corrected chi connectivity index (χ0v) is 11.4. The predicted octanol–water partition coefficient (Wildman–Crippen LogP) is 3.87. The van der Waals surface area contributed by atoms with E-state index >= 15 is 0 Å². The molecule has 0 amide bonds. The minimum absolute atomic E-state index is 0.149. The van der Waals surface area contributed by atoms with Gasteiger partial charge in [-0.3, -0.25) is 5.10 Å². The Hall–Kier alpha value is -1.91. The molecule has 0 spiro atoms. The molecule has 19 heavy (non-hydrogen) atoms. The molecule has 0 unspecified atom stereocenters. The molecule has 5 heteroatoms. The Kier molecular flexibility index (Phi) is 3.30. The lowest BCUT2D eigenvalue weighted by Gasteiger charge is -2.19. The fourth-order valence-electron chi connectivity index (χ4n) is 1.76. The second-order valence-corrected chi connectivity index (χ2v) is 5.62. The van der Waals surface area contributed by atoms with Gasteiger partial charge < -0.3 is 5.32 Å². The van der Waals surface area contributed by atoms with Gasteiger partial charge in [0.25, 0.3) is 0 Å². The van der Waals surface area contributed by atoms with E-state index in [1.54, 1.807) is 6.07 Å². The van der Waals surface area contributed by atoms with E-state index < -0.39 is 11.6 Å². The normalized spacial score (nSPS) is 11.7. The molecule has 0 saturated carbocycles. The molecular formula is C14H17F2N3. The molecule has 2 aromatic rings. The molecule has 0 aliphatic carbocycles. The van der Waals surface area contributed by atoms with Crippen molar-refractivity contribution in [1.82, 2.24) is 10.2 Å². The molecular weight excluding hydrogens is 248 g/mol. The van der Waals surface area contributed by atoms with Crippen molar-refractivity contribution in [1.29, 1.82) is 0 Å². The Labute approximate surface area is 111 Å². The van der Waals surface area contributed by atoms with Crippen molar-refractivity contribution in [3.05, 3.63) is 35.4 Å². The Bertz CT molecular complexity index is 597. The fraction of sp³-hybridized carbons (Fsp3) is 0.357. The van der Waals surface area contributed by atoms with Crippen LogP contribution in [-0.4, -0.2) is 15.7 Å². The summed E-state index contributed by atoms with van der Waals surface area (Å²) in [6.45, 7) is 7.51. The first-order valence-corrected chi connectivity index (χ1v) is 6.06. The first kappa shape index (κ1) is 13.5. The lowest BCUT2D eigenvalue weighted by molar-refractivity contribution is 0.594. The highest BCUT2D eigenvalue weighted by Gasteiger charge is 2.15. The molecule has 0 radical (unpaired) electrons. The summed E-state index contributed by atoms with van der Waals surface area (Å²) in [4.78, 5) is 0. The number of aromatic nitrogens is 2. The van der Waals surface area contributed by atoms with Gasteiger partial charge in [0.2, 0.25) is 0 Å². The summed E-state index contributed by atoms with van der Waals surface area (Å²) in [7, 11) is 0. The first-order chi connectivity index (χ1) is 8.76. The van der Waals surface area contributed by atoms with Gasteiger partial charge in [0.05, 0.1) is 5.69 Å². The minimum Gasteiger partial charge on any atom is -0.364 e. The molecule has 102 valence electrons. The van der Waals surface area contributed by atoms with Gasteiger partial charge in [0, 0.05) is 17.2 Å². The molecule has 2 N–H and O–H groups in total. The van der Waals surface area contributed by atoms with Crippen LogP contribution >= 0.6 is 0 Å². The van der Waals surface area contributed by atoms with Crippen LogP contribution in [0.4, 0.5) is 14.6 Å². The monoisotopic (exact) mass is 265 g/mol. The molecule has 1 aromatic heterocycles. The number of aryl methyl sites for hydroxylation is 1. The molecule has 0 aliphatic heterocycles. The van der Waals surface area contributed by atoms with E-state index in [1.807, 2.05) is 20.8 Å². The van der Waals surface area contributed by atoms with Crippen LogP contribution < -0.4 is 5.32 Å². The zero-order valence-electron chi connectivity index (χ0n) is 11.4. The van der Waals surface area contributed by atoms with E-state index in [1.165, 1.54) is 19.1 Å². The minimum atomic E-state index is -0.468. The number of rotatable bonds is 2. The third kappa shape index (κ3) is 3.10. The third-order valence-electron chi connectivity index (χ3n) is 2.62. The van der Waals surface area contributed by atoms with Crippen molar-refractivity contribution in [2.45, 2.75) is 33.2 Å². The van der Waals surface area contributed by atoms with Crippen LogP contribution in [0, 0.1) is 18.6 Å². The SMILES string of the molecule is Cc1cc(F)c(-c2cc(NC(C)(C)C)n[nH]2)cc1F. The van der Waals surface area contributed by atoms with Crippen LogP contribution in [0.1, 0.15) is 26.3 Å². The van der Waals surface area contributed by atoms with Gasteiger partial charge in [-0.05, 0) is 45.4 Å². The number of nitrogens with zero attached hydrogens (tertiary/aromatic N) is 1. The molecule has 0 atom stereocenters. The molecule has 0 fully saturated rings. The zero-order chi connectivity index (χ0) is 14.2. The maximum atomic E-state index is 13.8. The van der Waals surface area contributed by atoms with Gasteiger partial charge in [0.1, 0.15) is 17.5 Å². The number of anilines is 1. The van der Waals surface area contributed by atoms with Gasteiger partial charge in [0.15, 0.2) is 0 Å². The average molecular weight is 265 g/mol. The van der Waals surface area contributed by atoms with Crippen LogP contribution in [0.15, 0.2) is 18.2 Å². The second-order valence-electron chi connectivity index (χ2n) is 5.62. The number of hydrogen-bond donors (Lipinski definition) is 2. The maximum absolute atomic E-state index is 13.8. The van der Waals surface area contributed by atoms with Gasteiger partial charge >= 0.3 is 0 Å². The Morgan fingerprint density at radius 3 is 2.42 bits per heavy atom. The van der Waals surface area contributed by atoms with Crippen LogP contribution in [0.5, 0.6) is 0 Å². The first-order valence-electron chi connectivity index (χ1n) is 6.06. The summed E-state index contributed by atoms with van der Waals surface area (Å²) < 4.78 is 27.3. The van der Waals surface area contributed by atoms with E-state index in [4.69, 9.17) is 0 Å². The number of nitrogens with one attached hydrogen (secondary N) is 2. The Balaban J connectivity index is 2.36. The van der Waals surface area contributed by atoms with Crippen LogP contribution in [0.25, 0.3) is 11.3 Å². The summed E-state index contributed by atoms with van der Waals surface area (Å²) in [6.07, 6.45) is 0. The lowest BCUT2D eigenvalue weighted by Crippen LogP contribution is -2.26. The van der Waals surface area contributed by atoms with E-state index in [0.29, 0.717) is 11.5 Å². The van der Waals surface area contributed by atoms with Gasteiger partial charge in [-0.1, -0.05) is 0 Å². The van der Waals surface area contributed by atoms with E-state index in [9.17, 15) is 8.78 Å². The predicted molar refractivity (Wildman–Crippen MR) is 72.1 cm³/mol. The van der Waals surface area contributed by atoms with Crippen molar-refractivity contribution >= 4 is 5.82 Å². The number of H-pyrrole nitrogens is 1. The number of benzene rings is 1. The van der Waals surface area contributed by atoms with E-state index in [2.05, 4.69) is 15.5 Å². The number of halogens is 2. The van der Waals surface area contributed by atoms with Gasteiger partial charge in [-0.25, -0.2) is 8.78 Å². The van der Waals surface area contributed by atoms with Crippen LogP contribution in [0.3, 0.4) is 0 Å². The highest BCUT2D eigenvalue weighted by molar-refractivity contribution is 5.64. The van der Waals surface area contributed by atoms with E-state index in [0.717, 1.165) is 0 Å². The molecule has 0 saturated heterocycles. The van der Waals surface area contributed by atoms with Gasteiger partial charge in [-0.2, -0.15) is 5.10 Å². The molecule has 2 rings (SSSR count). The third-order valence-corrected chi connectivity index (χ3v) is 2.62. The molecule has 1 heterocycles. The van der Waals surface area contributed by atoms with Crippen LogP contribution in [0.2, 0.25) is 0 Å². The van der Waals surface area contributed by atoms with Crippen molar-refractivity contribution in [2.75, 3.05) is 5.32 Å². The Morgan fingerprint density at radius 1 is 1.11 bits per heavy atom. The summed E-state index contributed by atoms with van der Waals surface area (Å²) in [5.41, 5.74) is 0.762. The Morgan fingerprint density at radius 2 is 1.79 bits per heavy atom.